The molecule has 1 atom stereocenters. The van der Waals surface area contributed by atoms with Crippen LogP contribution in [0.4, 0.5) is 4.79 Å². The van der Waals surface area contributed by atoms with Gasteiger partial charge in [-0.1, -0.05) is 25.0 Å². The van der Waals surface area contributed by atoms with Gasteiger partial charge < -0.3 is 15.6 Å². The Morgan fingerprint density at radius 3 is 2.79 bits per heavy atom. The van der Waals surface area contributed by atoms with E-state index in [-0.39, 0.29) is 36.9 Å². The predicted octanol–water partition coefficient (Wildman–Crippen LogP) is 2.38. The summed E-state index contributed by atoms with van der Waals surface area (Å²) in [6.45, 7) is 2.13. The van der Waals surface area contributed by atoms with Crippen LogP contribution in [0.15, 0.2) is 24.3 Å². The van der Waals surface area contributed by atoms with Gasteiger partial charge in [0.05, 0.1) is 17.1 Å². The molecular weight excluding hydrogens is 358 g/mol. The van der Waals surface area contributed by atoms with Crippen LogP contribution in [-0.2, 0) is 9.59 Å². The zero-order valence-electron chi connectivity index (χ0n) is 16.0. The SMILES string of the molecule is CC(NC(=O)CCCN1C(=O)NC2(CCCC2)C1=O)c1nc2ccccc2[nH]1. The third-order valence-corrected chi connectivity index (χ3v) is 5.68. The van der Waals surface area contributed by atoms with Crippen LogP contribution < -0.4 is 10.6 Å². The van der Waals surface area contributed by atoms with Crippen molar-refractivity contribution in [1.29, 1.82) is 0 Å². The molecule has 8 heteroatoms. The van der Waals surface area contributed by atoms with Crippen LogP contribution in [0.3, 0.4) is 0 Å². The van der Waals surface area contributed by atoms with Crippen molar-refractivity contribution in [2.75, 3.05) is 6.54 Å². The Kier molecular flexibility index (Phi) is 4.78. The number of hydrogen-bond donors (Lipinski definition) is 3. The molecule has 2 aliphatic rings. The summed E-state index contributed by atoms with van der Waals surface area (Å²) in [6.07, 6.45) is 4.03. The number of imide groups is 1. The summed E-state index contributed by atoms with van der Waals surface area (Å²) >= 11 is 0. The molecule has 0 radical (unpaired) electrons. The van der Waals surface area contributed by atoms with Crippen molar-refractivity contribution < 1.29 is 14.4 Å². The van der Waals surface area contributed by atoms with Crippen LogP contribution in [0.25, 0.3) is 11.0 Å². The predicted molar refractivity (Wildman–Crippen MR) is 103 cm³/mol. The van der Waals surface area contributed by atoms with E-state index in [1.54, 1.807) is 0 Å². The van der Waals surface area contributed by atoms with Crippen molar-refractivity contribution in [2.24, 2.45) is 0 Å². The number of nitrogens with zero attached hydrogens (tertiary/aromatic N) is 2. The van der Waals surface area contributed by atoms with E-state index in [9.17, 15) is 14.4 Å². The van der Waals surface area contributed by atoms with Gasteiger partial charge in [0.2, 0.25) is 5.91 Å². The third-order valence-electron chi connectivity index (χ3n) is 5.68. The highest BCUT2D eigenvalue weighted by Gasteiger charge is 2.52. The Labute approximate surface area is 163 Å². The lowest BCUT2D eigenvalue weighted by atomic mass is 9.98. The van der Waals surface area contributed by atoms with E-state index in [0.717, 1.165) is 23.9 Å². The first-order valence-electron chi connectivity index (χ1n) is 9.87. The monoisotopic (exact) mass is 383 g/mol. The zero-order chi connectivity index (χ0) is 19.7. The first kappa shape index (κ1) is 18.5. The molecule has 0 bridgehead atoms. The minimum atomic E-state index is -0.685. The van der Waals surface area contributed by atoms with Gasteiger partial charge >= 0.3 is 6.03 Å². The first-order chi connectivity index (χ1) is 13.5. The fourth-order valence-corrected chi connectivity index (χ4v) is 4.15. The normalized spacial score (nSPS) is 19.4. The number of rotatable bonds is 6. The Morgan fingerprint density at radius 1 is 1.29 bits per heavy atom. The summed E-state index contributed by atoms with van der Waals surface area (Å²) in [6, 6.07) is 7.12. The topological polar surface area (TPSA) is 107 Å². The second kappa shape index (κ2) is 7.26. The van der Waals surface area contributed by atoms with Gasteiger partial charge in [-0.2, -0.15) is 0 Å². The summed E-state index contributed by atoms with van der Waals surface area (Å²) in [7, 11) is 0. The largest absolute Gasteiger partial charge is 0.346 e. The van der Waals surface area contributed by atoms with E-state index in [1.807, 2.05) is 31.2 Å². The molecule has 2 fully saturated rings. The Morgan fingerprint density at radius 2 is 2.04 bits per heavy atom. The van der Waals surface area contributed by atoms with Crippen LogP contribution in [0.1, 0.15) is 57.3 Å². The molecule has 4 amide bonds. The lowest BCUT2D eigenvalue weighted by Crippen LogP contribution is -2.44. The number of carbonyl (C=O) groups excluding carboxylic acids is 3. The number of benzene rings is 1. The van der Waals surface area contributed by atoms with Crippen LogP contribution in [0.2, 0.25) is 0 Å². The van der Waals surface area contributed by atoms with Crippen LogP contribution in [0, 0.1) is 0 Å². The summed E-state index contributed by atoms with van der Waals surface area (Å²) in [4.78, 5) is 46.0. The smallest absolute Gasteiger partial charge is 0.325 e. The molecule has 1 aromatic heterocycles. The second-order valence-corrected chi connectivity index (χ2v) is 7.71. The van der Waals surface area contributed by atoms with Crippen molar-refractivity contribution in [1.82, 2.24) is 25.5 Å². The second-order valence-electron chi connectivity index (χ2n) is 7.71. The summed E-state index contributed by atoms with van der Waals surface area (Å²) in [5.74, 6) is 0.438. The fourth-order valence-electron chi connectivity index (χ4n) is 4.15. The molecule has 8 nitrogen and oxygen atoms in total. The maximum atomic E-state index is 12.6. The molecule has 1 aromatic carbocycles. The molecule has 1 aliphatic heterocycles. The van der Waals surface area contributed by atoms with Crippen LogP contribution >= 0.6 is 0 Å². The van der Waals surface area contributed by atoms with E-state index in [1.165, 1.54) is 4.90 Å². The van der Waals surface area contributed by atoms with Gasteiger partial charge in [-0.3, -0.25) is 14.5 Å². The Hall–Kier alpha value is -2.90. The molecule has 1 aliphatic carbocycles. The zero-order valence-corrected chi connectivity index (χ0v) is 16.0. The first-order valence-corrected chi connectivity index (χ1v) is 9.87. The maximum absolute atomic E-state index is 12.6. The molecule has 1 saturated carbocycles. The van der Waals surface area contributed by atoms with Crippen molar-refractivity contribution in [2.45, 2.75) is 57.0 Å². The number of para-hydroxylation sites is 2. The average molecular weight is 383 g/mol. The van der Waals surface area contributed by atoms with Gasteiger partial charge in [0, 0.05) is 13.0 Å². The minimum Gasteiger partial charge on any atom is -0.346 e. The van der Waals surface area contributed by atoms with E-state index >= 15 is 0 Å². The molecule has 148 valence electrons. The van der Waals surface area contributed by atoms with Crippen LogP contribution in [-0.4, -0.2) is 44.8 Å². The molecule has 1 unspecified atom stereocenters. The van der Waals surface area contributed by atoms with Crippen LogP contribution in [0.5, 0.6) is 0 Å². The number of fused-ring (bicyclic) bond motifs is 1. The van der Waals surface area contributed by atoms with Gasteiger partial charge in [0.15, 0.2) is 0 Å². The fraction of sp³-hybridized carbons (Fsp3) is 0.500. The van der Waals surface area contributed by atoms with Gasteiger partial charge in [-0.15, -0.1) is 0 Å². The number of urea groups is 1. The number of hydrogen-bond acceptors (Lipinski definition) is 4. The molecule has 2 aromatic rings. The summed E-state index contributed by atoms with van der Waals surface area (Å²) < 4.78 is 0. The number of aromatic amines is 1. The molecule has 3 N–H and O–H groups in total. The van der Waals surface area contributed by atoms with Gasteiger partial charge in [0.1, 0.15) is 11.4 Å². The lowest BCUT2D eigenvalue weighted by Gasteiger charge is -2.20. The van der Waals surface area contributed by atoms with Gasteiger partial charge in [0.25, 0.3) is 5.91 Å². The van der Waals surface area contributed by atoms with E-state index in [4.69, 9.17) is 0 Å². The van der Waals surface area contributed by atoms with Crippen molar-refractivity contribution in [3.05, 3.63) is 30.1 Å². The van der Waals surface area contributed by atoms with Crippen molar-refractivity contribution in [3.63, 3.8) is 0 Å². The van der Waals surface area contributed by atoms with Crippen molar-refractivity contribution >= 4 is 28.9 Å². The summed E-state index contributed by atoms with van der Waals surface area (Å²) in [5.41, 5.74) is 1.10. The summed E-state index contributed by atoms with van der Waals surface area (Å²) in [5, 5.41) is 5.77. The highest BCUT2D eigenvalue weighted by atomic mass is 16.2. The maximum Gasteiger partial charge on any atom is 0.325 e. The van der Waals surface area contributed by atoms with E-state index in [2.05, 4.69) is 20.6 Å². The Bertz CT molecular complexity index is 882. The quantitative estimate of drug-likeness (QED) is 0.666. The molecule has 2 heterocycles. The number of H-pyrrole nitrogens is 1. The molecular formula is C20H25N5O3. The minimum absolute atomic E-state index is 0.129. The van der Waals surface area contributed by atoms with Crippen molar-refractivity contribution in [3.8, 4) is 0 Å². The number of carbonyl (C=O) groups is 3. The van der Waals surface area contributed by atoms with Gasteiger partial charge in [-0.05, 0) is 38.3 Å². The van der Waals surface area contributed by atoms with Gasteiger partial charge in [-0.25, -0.2) is 9.78 Å². The molecule has 4 rings (SSSR count). The molecule has 28 heavy (non-hydrogen) atoms. The number of aromatic nitrogens is 2. The lowest BCUT2D eigenvalue weighted by molar-refractivity contribution is -0.131. The highest BCUT2D eigenvalue weighted by Crippen LogP contribution is 2.35. The number of imidazole rings is 1. The highest BCUT2D eigenvalue weighted by molar-refractivity contribution is 6.07. The molecule has 1 saturated heterocycles. The number of amides is 4. The van der Waals surface area contributed by atoms with E-state index < -0.39 is 5.54 Å². The standard InChI is InChI=1S/C20H25N5O3/c1-13(17-22-14-7-2-3-8-15(14)23-17)21-16(26)9-6-12-25-18(27)20(24-19(25)28)10-4-5-11-20/h2-3,7-8,13H,4-6,9-12H2,1H3,(H,21,26)(H,22,23)(H,24,28). The average Bonchev–Trinajstić information content (AvgIpc) is 3.36. The Balaban J connectivity index is 1.27. The number of nitrogens with one attached hydrogen (secondary N) is 3. The molecule has 1 spiro atoms. The third kappa shape index (κ3) is 3.34. The van der Waals surface area contributed by atoms with E-state index in [0.29, 0.717) is 25.1 Å².